The van der Waals surface area contributed by atoms with Crippen molar-refractivity contribution in [2.24, 2.45) is 0 Å². The van der Waals surface area contributed by atoms with Crippen LogP contribution in [0.25, 0.3) is 11.6 Å². The molecule has 0 aliphatic heterocycles. The van der Waals surface area contributed by atoms with Gasteiger partial charge in [-0.05, 0) is 24.1 Å². The van der Waals surface area contributed by atoms with Gasteiger partial charge in [-0.1, -0.05) is 60.7 Å². The standard InChI is InChI=1S/C17H16O2/c1-2-19-17(18)16(15-11-7-4-8-12-15)13-14-9-5-3-6-10-14/h3-13H,2H2,1H3/b16-13-. The maximum Gasteiger partial charge on any atom is 0.338 e. The zero-order valence-electron chi connectivity index (χ0n) is 10.9. The van der Waals surface area contributed by atoms with Gasteiger partial charge in [-0.3, -0.25) is 0 Å². The monoisotopic (exact) mass is 252 g/mol. The van der Waals surface area contributed by atoms with Crippen molar-refractivity contribution in [1.82, 2.24) is 0 Å². The molecule has 0 fully saturated rings. The maximum atomic E-state index is 12.1. The molecule has 0 atom stereocenters. The Morgan fingerprint density at radius 2 is 1.58 bits per heavy atom. The van der Waals surface area contributed by atoms with Crippen LogP contribution in [0, 0.1) is 0 Å². The minimum absolute atomic E-state index is 0.294. The number of rotatable bonds is 4. The Morgan fingerprint density at radius 1 is 1.00 bits per heavy atom. The molecule has 0 aliphatic carbocycles. The largest absolute Gasteiger partial charge is 0.462 e. The second kappa shape index (κ2) is 6.55. The summed E-state index contributed by atoms with van der Waals surface area (Å²) in [5.41, 5.74) is 2.42. The fourth-order valence-electron chi connectivity index (χ4n) is 1.80. The smallest absolute Gasteiger partial charge is 0.338 e. The molecule has 0 N–H and O–H groups in total. The Balaban J connectivity index is 2.41. The van der Waals surface area contributed by atoms with Gasteiger partial charge < -0.3 is 4.74 Å². The van der Waals surface area contributed by atoms with Gasteiger partial charge in [0.05, 0.1) is 12.2 Å². The first-order valence-corrected chi connectivity index (χ1v) is 6.30. The molecule has 19 heavy (non-hydrogen) atoms. The first-order valence-electron chi connectivity index (χ1n) is 6.30. The molecule has 2 nitrogen and oxygen atoms in total. The van der Waals surface area contributed by atoms with Crippen molar-refractivity contribution in [1.29, 1.82) is 0 Å². The van der Waals surface area contributed by atoms with Gasteiger partial charge in [0.2, 0.25) is 0 Å². The van der Waals surface area contributed by atoms with Gasteiger partial charge in [0.25, 0.3) is 0 Å². The van der Waals surface area contributed by atoms with Gasteiger partial charge in [0, 0.05) is 0 Å². The summed E-state index contributed by atoms with van der Waals surface area (Å²) in [6.07, 6.45) is 1.85. The number of benzene rings is 2. The molecule has 0 radical (unpaired) electrons. The number of hydrogen-bond acceptors (Lipinski definition) is 2. The molecule has 0 aromatic heterocycles. The summed E-state index contributed by atoms with van der Waals surface area (Å²) in [5, 5.41) is 0. The van der Waals surface area contributed by atoms with Gasteiger partial charge >= 0.3 is 5.97 Å². The molecule has 2 rings (SSSR count). The van der Waals surface area contributed by atoms with Crippen molar-refractivity contribution in [2.45, 2.75) is 6.92 Å². The maximum absolute atomic E-state index is 12.1. The van der Waals surface area contributed by atoms with E-state index in [0.29, 0.717) is 12.2 Å². The van der Waals surface area contributed by atoms with Crippen LogP contribution in [0.15, 0.2) is 60.7 Å². The van der Waals surface area contributed by atoms with E-state index in [0.717, 1.165) is 11.1 Å². The average molecular weight is 252 g/mol. The molecule has 0 amide bonds. The molecule has 2 heteroatoms. The van der Waals surface area contributed by atoms with Crippen molar-refractivity contribution in [3.8, 4) is 0 Å². The number of ether oxygens (including phenoxy) is 1. The molecule has 2 aromatic rings. The number of carbonyl (C=O) groups is 1. The molecule has 0 unspecified atom stereocenters. The Bertz CT molecular complexity index is 556. The van der Waals surface area contributed by atoms with E-state index in [1.165, 1.54) is 0 Å². The average Bonchev–Trinajstić information content (AvgIpc) is 2.47. The lowest BCUT2D eigenvalue weighted by atomic mass is 10.0. The molecule has 0 aliphatic rings. The van der Waals surface area contributed by atoms with Crippen molar-refractivity contribution >= 4 is 17.6 Å². The molecule has 0 bridgehead atoms. The summed E-state index contributed by atoms with van der Waals surface area (Å²) in [6, 6.07) is 19.3. The molecule has 2 aromatic carbocycles. The van der Waals surface area contributed by atoms with Crippen molar-refractivity contribution < 1.29 is 9.53 Å². The van der Waals surface area contributed by atoms with E-state index in [1.54, 1.807) is 0 Å². The quantitative estimate of drug-likeness (QED) is 0.470. The Kier molecular flexibility index (Phi) is 4.51. The van der Waals surface area contributed by atoms with Gasteiger partial charge in [0.1, 0.15) is 0 Å². The lowest BCUT2D eigenvalue weighted by molar-refractivity contribution is -0.136. The van der Waals surface area contributed by atoms with Crippen LogP contribution in [0.4, 0.5) is 0 Å². The summed E-state index contributed by atoms with van der Waals surface area (Å²) in [5.74, 6) is -0.294. The highest BCUT2D eigenvalue weighted by Gasteiger charge is 2.12. The van der Waals surface area contributed by atoms with Gasteiger partial charge in [0.15, 0.2) is 0 Å². The first-order chi connectivity index (χ1) is 9.31. The highest BCUT2D eigenvalue weighted by molar-refractivity contribution is 6.21. The summed E-state index contributed by atoms with van der Waals surface area (Å²) >= 11 is 0. The van der Waals surface area contributed by atoms with E-state index in [1.807, 2.05) is 73.7 Å². The second-order valence-electron chi connectivity index (χ2n) is 4.06. The van der Waals surface area contributed by atoms with Gasteiger partial charge in [-0.15, -0.1) is 0 Å². The summed E-state index contributed by atoms with van der Waals surface area (Å²) in [7, 11) is 0. The Hall–Kier alpha value is -2.35. The molecular weight excluding hydrogens is 236 g/mol. The minimum atomic E-state index is -0.294. The third kappa shape index (κ3) is 3.55. The highest BCUT2D eigenvalue weighted by atomic mass is 16.5. The fourth-order valence-corrected chi connectivity index (χ4v) is 1.80. The predicted molar refractivity (Wildman–Crippen MR) is 77.4 cm³/mol. The Morgan fingerprint density at radius 3 is 2.16 bits per heavy atom. The number of hydrogen-bond donors (Lipinski definition) is 0. The number of esters is 1. The molecule has 0 spiro atoms. The lowest BCUT2D eigenvalue weighted by Crippen LogP contribution is -2.06. The summed E-state index contributed by atoms with van der Waals surface area (Å²) < 4.78 is 5.12. The third-order valence-electron chi connectivity index (χ3n) is 2.69. The topological polar surface area (TPSA) is 26.3 Å². The molecule has 0 saturated carbocycles. The van der Waals surface area contributed by atoms with E-state index in [4.69, 9.17) is 4.74 Å². The zero-order chi connectivity index (χ0) is 13.5. The fraction of sp³-hybridized carbons (Fsp3) is 0.118. The summed E-state index contributed by atoms with van der Waals surface area (Å²) in [4.78, 5) is 12.1. The van der Waals surface area contributed by atoms with Crippen LogP contribution < -0.4 is 0 Å². The highest BCUT2D eigenvalue weighted by Crippen LogP contribution is 2.19. The SMILES string of the molecule is CCOC(=O)/C(=C\c1ccccc1)c1ccccc1. The third-order valence-corrected chi connectivity index (χ3v) is 2.69. The van der Waals surface area contributed by atoms with E-state index in [2.05, 4.69) is 0 Å². The zero-order valence-corrected chi connectivity index (χ0v) is 10.9. The Labute approximate surface area is 113 Å². The van der Waals surface area contributed by atoms with Gasteiger partial charge in [-0.25, -0.2) is 4.79 Å². The first kappa shape index (κ1) is 13.1. The van der Waals surface area contributed by atoms with Crippen molar-refractivity contribution in [2.75, 3.05) is 6.61 Å². The van der Waals surface area contributed by atoms with Crippen LogP contribution in [0.2, 0.25) is 0 Å². The second-order valence-corrected chi connectivity index (χ2v) is 4.06. The van der Waals surface area contributed by atoms with Crippen molar-refractivity contribution in [3.63, 3.8) is 0 Å². The van der Waals surface area contributed by atoms with E-state index in [9.17, 15) is 4.79 Å². The van der Waals surface area contributed by atoms with Crippen LogP contribution >= 0.6 is 0 Å². The lowest BCUT2D eigenvalue weighted by Gasteiger charge is -2.07. The molecule has 0 heterocycles. The van der Waals surface area contributed by atoms with Crippen LogP contribution in [-0.2, 0) is 9.53 Å². The predicted octanol–water partition coefficient (Wildman–Crippen LogP) is 3.79. The van der Waals surface area contributed by atoms with Crippen LogP contribution in [0.3, 0.4) is 0 Å². The van der Waals surface area contributed by atoms with Crippen molar-refractivity contribution in [3.05, 3.63) is 71.8 Å². The van der Waals surface area contributed by atoms with Crippen LogP contribution in [0.5, 0.6) is 0 Å². The van der Waals surface area contributed by atoms with E-state index < -0.39 is 0 Å². The van der Waals surface area contributed by atoms with E-state index >= 15 is 0 Å². The normalized spacial score (nSPS) is 11.1. The number of carbonyl (C=O) groups excluding carboxylic acids is 1. The summed E-state index contributed by atoms with van der Waals surface area (Å²) in [6.45, 7) is 2.18. The van der Waals surface area contributed by atoms with Crippen LogP contribution in [0.1, 0.15) is 18.1 Å². The molecular formula is C17H16O2. The molecule has 96 valence electrons. The van der Waals surface area contributed by atoms with Crippen LogP contribution in [-0.4, -0.2) is 12.6 Å². The minimum Gasteiger partial charge on any atom is -0.462 e. The van der Waals surface area contributed by atoms with E-state index in [-0.39, 0.29) is 5.97 Å². The van der Waals surface area contributed by atoms with Gasteiger partial charge in [-0.2, -0.15) is 0 Å². The molecule has 0 saturated heterocycles.